The lowest BCUT2D eigenvalue weighted by Crippen LogP contribution is -2.58. The zero-order chi connectivity index (χ0) is 28.1. The van der Waals surface area contributed by atoms with Gasteiger partial charge in [0.1, 0.15) is 24.2 Å². The maximum absolute atomic E-state index is 13.2. The summed E-state index contributed by atoms with van der Waals surface area (Å²) in [5.41, 5.74) is 12.5. The summed E-state index contributed by atoms with van der Waals surface area (Å²) >= 11 is 0. The van der Waals surface area contributed by atoms with Crippen LogP contribution in [0, 0.1) is 0 Å². The number of carbonyl (C=O) groups is 4. The average molecular weight is 532 g/mol. The number of nitrogens with one attached hydrogen (secondary N) is 4. The number of rotatable bonds is 16. The smallest absolute Gasteiger partial charge is 0.326 e. The van der Waals surface area contributed by atoms with E-state index in [0.717, 1.165) is 0 Å². The highest BCUT2D eigenvalue weighted by Gasteiger charge is 2.31. The number of aromatic amines is 1. The number of carboxylic acid groups (broad SMARTS) is 1. The molecule has 0 saturated carbocycles. The van der Waals surface area contributed by atoms with E-state index in [4.69, 9.17) is 11.5 Å². The van der Waals surface area contributed by atoms with Crippen molar-refractivity contribution in [1.29, 1.82) is 0 Å². The molecule has 5 unspecified atom stereocenters. The molecule has 0 bridgehead atoms. The summed E-state index contributed by atoms with van der Waals surface area (Å²) in [6.45, 7) is 1.74. The van der Waals surface area contributed by atoms with Crippen molar-refractivity contribution in [2.75, 3.05) is 6.54 Å². The number of benzene rings is 1. The van der Waals surface area contributed by atoms with Crippen molar-refractivity contribution in [3.8, 4) is 0 Å². The SMILES string of the molecule is CC(O)C(N)C(=O)NC(CCCCN)C(=O)NC(Cc1cnc[nH]1)C(=O)NC(Cc1ccccc1)C(=O)O. The van der Waals surface area contributed by atoms with Gasteiger partial charge in [-0.1, -0.05) is 30.3 Å². The molecule has 0 spiro atoms. The van der Waals surface area contributed by atoms with Crippen molar-refractivity contribution >= 4 is 23.7 Å². The Morgan fingerprint density at radius 3 is 2.16 bits per heavy atom. The van der Waals surface area contributed by atoms with Gasteiger partial charge in [-0.15, -0.1) is 0 Å². The fourth-order valence-electron chi connectivity index (χ4n) is 3.67. The van der Waals surface area contributed by atoms with E-state index in [1.165, 1.54) is 19.4 Å². The van der Waals surface area contributed by atoms with Crippen molar-refractivity contribution in [3.63, 3.8) is 0 Å². The van der Waals surface area contributed by atoms with Gasteiger partial charge < -0.3 is 42.6 Å². The maximum atomic E-state index is 13.2. The van der Waals surface area contributed by atoms with E-state index >= 15 is 0 Å². The molecule has 208 valence electrons. The zero-order valence-electron chi connectivity index (χ0n) is 21.3. The molecular weight excluding hydrogens is 494 g/mol. The number of aliphatic hydroxyl groups is 1. The minimum Gasteiger partial charge on any atom is -0.480 e. The zero-order valence-corrected chi connectivity index (χ0v) is 21.3. The third-order valence-electron chi connectivity index (χ3n) is 5.91. The Hall–Kier alpha value is -3.81. The summed E-state index contributed by atoms with van der Waals surface area (Å²) in [6, 6.07) is 4.09. The van der Waals surface area contributed by atoms with Gasteiger partial charge in [0.05, 0.1) is 12.4 Å². The quantitative estimate of drug-likeness (QED) is 0.119. The highest BCUT2D eigenvalue weighted by Crippen LogP contribution is 2.08. The molecule has 13 heteroatoms. The summed E-state index contributed by atoms with van der Waals surface area (Å²) in [5, 5.41) is 27.0. The molecule has 0 saturated heterocycles. The van der Waals surface area contributed by atoms with E-state index in [0.29, 0.717) is 30.6 Å². The number of nitrogens with two attached hydrogens (primary N) is 2. The van der Waals surface area contributed by atoms with Crippen LogP contribution >= 0.6 is 0 Å². The number of nitrogens with zero attached hydrogens (tertiary/aromatic N) is 1. The van der Waals surface area contributed by atoms with Gasteiger partial charge in [-0.05, 0) is 38.3 Å². The van der Waals surface area contributed by atoms with Crippen LogP contribution in [0.5, 0.6) is 0 Å². The molecule has 0 radical (unpaired) electrons. The molecule has 10 N–H and O–H groups in total. The number of hydrogen-bond donors (Lipinski definition) is 8. The Bertz CT molecular complexity index is 1030. The number of H-pyrrole nitrogens is 1. The first-order valence-electron chi connectivity index (χ1n) is 12.4. The van der Waals surface area contributed by atoms with Crippen LogP contribution in [0.1, 0.15) is 37.4 Å². The van der Waals surface area contributed by atoms with E-state index in [-0.39, 0.29) is 19.3 Å². The number of amides is 3. The monoisotopic (exact) mass is 531 g/mol. The number of imidazole rings is 1. The van der Waals surface area contributed by atoms with Gasteiger partial charge in [0.25, 0.3) is 0 Å². The Balaban J connectivity index is 2.20. The molecular formula is C25H37N7O6. The van der Waals surface area contributed by atoms with Crippen molar-refractivity contribution in [2.45, 2.75) is 69.3 Å². The maximum Gasteiger partial charge on any atom is 0.326 e. The lowest BCUT2D eigenvalue weighted by Gasteiger charge is -2.25. The molecule has 2 aromatic rings. The molecule has 0 aliphatic rings. The first-order chi connectivity index (χ1) is 18.1. The second-order valence-electron chi connectivity index (χ2n) is 9.04. The molecule has 0 fully saturated rings. The predicted octanol–water partition coefficient (Wildman–Crippen LogP) is -1.43. The van der Waals surface area contributed by atoms with E-state index in [2.05, 4.69) is 25.9 Å². The fraction of sp³-hybridized carbons (Fsp3) is 0.480. The van der Waals surface area contributed by atoms with Gasteiger partial charge in [0, 0.05) is 24.7 Å². The van der Waals surface area contributed by atoms with Crippen LogP contribution < -0.4 is 27.4 Å². The molecule has 0 aliphatic heterocycles. The van der Waals surface area contributed by atoms with Crippen LogP contribution in [0.2, 0.25) is 0 Å². The fourth-order valence-corrected chi connectivity index (χ4v) is 3.67. The summed E-state index contributed by atoms with van der Waals surface area (Å²) in [7, 11) is 0. The number of hydrogen-bond acceptors (Lipinski definition) is 8. The first-order valence-corrected chi connectivity index (χ1v) is 12.4. The van der Waals surface area contributed by atoms with E-state index in [9.17, 15) is 29.4 Å². The summed E-state index contributed by atoms with van der Waals surface area (Å²) < 4.78 is 0. The lowest BCUT2D eigenvalue weighted by atomic mass is 10.0. The summed E-state index contributed by atoms with van der Waals surface area (Å²) in [5.74, 6) is -3.34. The molecule has 5 atom stereocenters. The topological polar surface area (TPSA) is 226 Å². The predicted molar refractivity (Wildman–Crippen MR) is 138 cm³/mol. The highest BCUT2D eigenvalue weighted by atomic mass is 16.4. The molecule has 1 aromatic heterocycles. The second kappa shape index (κ2) is 15.4. The lowest BCUT2D eigenvalue weighted by molar-refractivity contribution is -0.142. The van der Waals surface area contributed by atoms with Gasteiger partial charge in [0.15, 0.2) is 0 Å². The van der Waals surface area contributed by atoms with Gasteiger partial charge in [0.2, 0.25) is 17.7 Å². The molecule has 0 aliphatic carbocycles. The van der Waals surface area contributed by atoms with Gasteiger partial charge >= 0.3 is 5.97 Å². The van der Waals surface area contributed by atoms with Gasteiger partial charge in [-0.25, -0.2) is 9.78 Å². The summed E-state index contributed by atoms with van der Waals surface area (Å²) in [6.07, 6.45) is 3.11. The standard InChI is InChI=1S/C25H37N7O6/c1-15(33)21(27)24(36)30-18(9-5-6-10-26)22(34)31-19(12-17-13-28-14-29-17)23(35)32-20(25(37)38)11-16-7-3-2-4-8-16/h2-4,7-8,13-15,18-21,33H,5-6,9-12,26-27H2,1H3,(H,28,29)(H,30,36)(H,31,34)(H,32,35)(H,37,38). The van der Waals surface area contributed by atoms with Crippen LogP contribution in [0.4, 0.5) is 0 Å². The Morgan fingerprint density at radius 1 is 0.947 bits per heavy atom. The number of aliphatic carboxylic acids is 1. The Labute approximate surface area is 220 Å². The van der Waals surface area contributed by atoms with Crippen molar-refractivity contribution in [3.05, 3.63) is 54.1 Å². The average Bonchev–Trinajstić information content (AvgIpc) is 3.40. The number of carbonyl (C=O) groups excluding carboxylic acids is 3. The highest BCUT2D eigenvalue weighted by molar-refractivity contribution is 5.94. The van der Waals surface area contributed by atoms with Crippen LogP contribution in [0.3, 0.4) is 0 Å². The van der Waals surface area contributed by atoms with Gasteiger partial charge in [-0.2, -0.15) is 0 Å². The minimum atomic E-state index is -1.25. The molecule has 1 aromatic carbocycles. The third-order valence-corrected chi connectivity index (χ3v) is 5.91. The van der Waals surface area contributed by atoms with Crippen LogP contribution in [-0.2, 0) is 32.0 Å². The molecule has 2 rings (SSSR count). The Kier molecular flexibility index (Phi) is 12.4. The van der Waals surface area contributed by atoms with Crippen LogP contribution in [0.25, 0.3) is 0 Å². The molecule has 13 nitrogen and oxygen atoms in total. The van der Waals surface area contributed by atoms with Gasteiger partial charge in [-0.3, -0.25) is 14.4 Å². The Morgan fingerprint density at radius 2 is 1.58 bits per heavy atom. The van der Waals surface area contributed by atoms with E-state index in [1.807, 2.05) is 0 Å². The summed E-state index contributed by atoms with van der Waals surface area (Å²) in [4.78, 5) is 57.6. The molecule has 38 heavy (non-hydrogen) atoms. The van der Waals surface area contributed by atoms with Crippen LogP contribution in [-0.4, -0.2) is 80.7 Å². The number of aromatic nitrogens is 2. The minimum absolute atomic E-state index is 0.00803. The number of carboxylic acids is 1. The van der Waals surface area contributed by atoms with Crippen molar-refractivity contribution < 1.29 is 29.4 Å². The van der Waals surface area contributed by atoms with E-state index in [1.54, 1.807) is 30.3 Å². The van der Waals surface area contributed by atoms with Crippen LogP contribution in [0.15, 0.2) is 42.9 Å². The third kappa shape index (κ3) is 9.92. The number of aliphatic hydroxyl groups excluding tert-OH is 1. The molecule has 1 heterocycles. The number of unbranched alkanes of at least 4 members (excludes halogenated alkanes) is 1. The second-order valence-corrected chi connectivity index (χ2v) is 9.04. The van der Waals surface area contributed by atoms with Crippen molar-refractivity contribution in [1.82, 2.24) is 25.9 Å². The first kappa shape index (κ1) is 30.4. The largest absolute Gasteiger partial charge is 0.480 e. The normalized spacial score (nSPS) is 14.9. The molecule has 3 amide bonds. The van der Waals surface area contributed by atoms with Crippen molar-refractivity contribution in [2.24, 2.45) is 11.5 Å². The van der Waals surface area contributed by atoms with E-state index < -0.39 is 54.0 Å².